The van der Waals surface area contributed by atoms with Gasteiger partial charge in [0.05, 0.1) is 6.61 Å². The van der Waals surface area contributed by atoms with E-state index in [1.54, 1.807) is 0 Å². The minimum Gasteiger partial charge on any atom is -0.380 e. The molecule has 126 valence electrons. The van der Waals surface area contributed by atoms with Gasteiger partial charge in [0, 0.05) is 13.2 Å². The molecule has 0 bridgehead atoms. The molecule has 1 fully saturated rings. The average Bonchev–Trinajstić information content (AvgIpc) is 2.53. The fourth-order valence-corrected chi connectivity index (χ4v) is 3.17. The van der Waals surface area contributed by atoms with Gasteiger partial charge in [-0.2, -0.15) is 0 Å². The second kappa shape index (κ2) is 14.8. The van der Waals surface area contributed by atoms with Crippen molar-refractivity contribution < 1.29 is 4.74 Å². The van der Waals surface area contributed by atoms with E-state index in [1.165, 1.54) is 96.6 Å². The summed E-state index contributed by atoms with van der Waals surface area (Å²) in [6.45, 7) is 7.94. The van der Waals surface area contributed by atoms with E-state index < -0.39 is 0 Å². The van der Waals surface area contributed by atoms with Crippen molar-refractivity contribution in [3.63, 3.8) is 0 Å². The summed E-state index contributed by atoms with van der Waals surface area (Å²) in [6, 6.07) is 0. The van der Waals surface area contributed by atoms with Crippen LogP contribution in [0.5, 0.6) is 0 Å². The van der Waals surface area contributed by atoms with Crippen molar-refractivity contribution in [1.29, 1.82) is 0 Å². The molecule has 1 aliphatic heterocycles. The van der Waals surface area contributed by atoms with Crippen LogP contribution in [0.1, 0.15) is 90.4 Å². The average molecular weight is 298 g/mol. The van der Waals surface area contributed by atoms with Crippen LogP contribution in [0.4, 0.5) is 0 Å². The van der Waals surface area contributed by atoms with E-state index in [-0.39, 0.29) is 0 Å². The summed E-state index contributed by atoms with van der Waals surface area (Å²) in [5.41, 5.74) is 0. The molecule has 1 heterocycles. The molecular formula is C19H39NO. The van der Waals surface area contributed by atoms with Gasteiger partial charge in [0.15, 0.2) is 0 Å². The molecule has 0 aromatic carbocycles. The smallest absolute Gasteiger partial charge is 0.0593 e. The Hall–Kier alpha value is -0.0800. The first-order valence-corrected chi connectivity index (χ1v) is 9.73. The van der Waals surface area contributed by atoms with Gasteiger partial charge in [-0.1, -0.05) is 71.1 Å². The summed E-state index contributed by atoms with van der Waals surface area (Å²) >= 11 is 0. The topological polar surface area (TPSA) is 12.5 Å². The molecule has 2 nitrogen and oxygen atoms in total. The highest BCUT2D eigenvalue weighted by atomic mass is 16.5. The largest absolute Gasteiger partial charge is 0.380 e. The van der Waals surface area contributed by atoms with Crippen LogP contribution in [0, 0.1) is 0 Å². The molecule has 2 heteroatoms. The lowest BCUT2D eigenvalue weighted by molar-refractivity contribution is 0.0938. The molecule has 0 N–H and O–H groups in total. The first-order valence-electron chi connectivity index (χ1n) is 9.73. The van der Waals surface area contributed by atoms with Gasteiger partial charge in [-0.15, -0.1) is 0 Å². The van der Waals surface area contributed by atoms with Gasteiger partial charge in [-0.3, -0.25) is 0 Å². The van der Waals surface area contributed by atoms with Crippen LogP contribution in [0.25, 0.3) is 0 Å². The van der Waals surface area contributed by atoms with Gasteiger partial charge < -0.3 is 9.64 Å². The molecule has 0 aromatic rings. The van der Waals surface area contributed by atoms with Crippen molar-refractivity contribution in [2.75, 3.05) is 32.8 Å². The Kier molecular flexibility index (Phi) is 13.4. The van der Waals surface area contributed by atoms with Crippen LogP contribution in [0.15, 0.2) is 0 Å². The predicted octanol–water partition coefficient (Wildman–Crippen LogP) is 5.41. The third kappa shape index (κ3) is 12.2. The zero-order chi connectivity index (χ0) is 15.0. The molecule has 1 aliphatic rings. The number of piperidine rings is 1. The molecule has 0 aromatic heterocycles. The molecule has 0 amide bonds. The normalized spacial score (nSPS) is 16.4. The van der Waals surface area contributed by atoms with Crippen LogP contribution >= 0.6 is 0 Å². The summed E-state index contributed by atoms with van der Waals surface area (Å²) in [6.07, 6.45) is 18.2. The number of hydrogen-bond acceptors (Lipinski definition) is 2. The van der Waals surface area contributed by atoms with E-state index >= 15 is 0 Å². The molecule has 21 heavy (non-hydrogen) atoms. The Morgan fingerprint density at radius 1 is 0.667 bits per heavy atom. The Bertz CT molecular complexity index is 202. The van der Waals surface area contributed by atoms with Crippen LogP contribution < -0.4 is 0 Å². The summed E-state index contributed by atoms with van der Waals surface area (Å²) in [5.74, 6) is 0. The number of ether oxygens (including phenoxy) is 1. The van der Waals surface area contributed by atoms with E-state index in [1.807, 2.05) is 0 Å². The summed E-state index contributed by atoms with van der Waals surface area (Å²) in [5, 5.41) is 0. The SMILES string of the molecule is CCCCCCCCCCCCOCCN1CCCCC1. The third-order valence-electron chi connectivity index (χ3n) is 4.64. The lowest BCUT2D eigenvalue weighted by Crippen LogP contribution is -2.32. The summed E-state index contributed by atoms with van der Waals surface area (Å²) in [7, 11) is 0. The van der Waals surface area contributed by atoms with Crippen molar-refractivity contribution in [2.24, 2.45) is 0 Å². The van der Waals surface area contributed by atoms with Crippen LogP contribution in [-0.4, -0.2) is 37.7 Å². The van der Waals surface area contributed by atoms with Gasteiger partial charge in [0.2, 0.25) is 0 Å². The zero-order valence-corrected chi connectivity index (χ0v) is 14.6. The quantitative estimate of drug-likeness (QED) is 0.397. The lowest BCUT2D eigenvalue weighted by atomic mass is 10.1. The van der Waals surface area contributed by atoms with Gasteiger partial charge in [-0.05, 0) is 32.4 Å². The number of hydrogen-bond donors (Lipinski definition) is 0. The Morgan fingerprint density at radius 2 is 1.24 bits per heavy atom. The summed E-state index contributed by atoms with van der Waals surface area (Å²) < 4.78 is 5.77. The van der Waals surface area contributed by atoms with Crippen molar-refractivity contribution >= 4 is 0 Å². The second-order valence-corrected chi connectivity index (χ2v) is 6.70. The van der Waals surface area contributed by atoms with Crippen LogP contribution in [-0.2, 0) is 4.74 Å². The first-order chi connectivity index (χ1) is 10.4. The maximum absolute atomic E-state index is 5.77. The van der Waals surface area contributed by atoms with Crippen LogP contribution in [0.2, 0.25) is 0 Å². The monoisotopic (exact) mass is 297 g/mol. The molecule has 0 radical (unpaired) electrons. The summed E-state index contributed by atoms with van der Waals surface area (Å²) in [4.78, 5) is 2.56. The van der Waals surface area contributed by atoms with Gasteiger partial charge in [0.1, 0.15) is 0 Å². The highest BCUT2D eigenvalue weighted by molar-refractivity contribution is 4.63. The highest BCUT2D eigenvalue weighted by Gasteiger charge is 2.08. The van der Waals surface area contributed by atoms with Crippen molar-refractivity contribution in [2.45, 2.75) is 90.4 Å². The minimum atomic E-state index is 0.942. The number of unbranched alkanes of at least 4 members (excludes halogenated alkanes) is 9. The Balaban J connectivity index is 1.69. The Morgan fingerprint density at radius 3 is 1.86 bits per heavy atom. The Labute approximate surface area is 133 Å². The van der Waals surface area contributed by atoms with Crippen LogP contribution in [0.3, 0.4) is 0 Å². The second-order valence-electron chi connectivity index (χ2n) is 6.70. The maximum atomic E-state index is 5.77. The van der Waals surface area contributed by atoms with E-state index in [9.17, 15) is 0 Å². The third-order valence-corrected chi connectivity index (χ3v) is 4.64. The molecule has 0 spiro atoms. The standard InChI is InChI=1S/C19H39NO/c1-2-3-4-5-6-7-8-9-10-14-18-21-19-17-20-15-12-11-13-16-20/h2-19H2,1H3. The fraction of sp³-hybridized carbons (Fsp3) is 1.00. The molecule has 0 saturated carbocycles. The van der Waals surface area contributed by atoms with Gasteiger partial charge in [-0.25, -0.2) is 0 Å². The molecular weight excluding hydrogens is 258 g/mol. The molecule has 1 rings (SSSR count). The fourth-order valence-electron chi connectivity index (χ4n) is 3.17. The van der Waals surface area contributed by atoms with Gasteiger partial charge >= 0.3 is 0 Å². The van der Waals surface area contributed by atoms with E-state index in [2.05, 4.69) is 11.8 Å². The van der Waals surface area contributed by atoms with E-state index in [4.69, 9.17) is 4.74 Å². The van der Waals surface area contributed by atoms with Gasteiger partial charge in [0.25, 0.3) is 0 Å². The number of rotatable bonds is 14. The molecule has 0 unspecified atom stereocenters. The molecule has 0 atom stereocenters. The predicted molar refractivity (Wildman–Crippen MR) is 93.0 cm³/mol. The van der Waals surface area contributed by atoms with Crippen molar-refractivity contribution in [1.82, 2.24) is 4.90 Å². The molecule has 0 aliphatic carbocycles. The van der Waals surface area contributed by atoms with Crippen molar-refractivity contribution in [3.8, 4) is 0 Å². The number of nitrogens with zero attached hydrogens (tertiary/aromatic N) is 1. The molecule has 1 saturated heterocycles. The minimum absolute atomic E-state index is 0.942. The first kappa shape index (κ1) is 19.0. The maximum Gasteiger partial charge on any atom is 0.0593 e. The zero-order valence-electron chi connectivity index (χ0n) is 14.6. The van der Waals surface area contributed by atoms with E-state index in [0.717, 1.165) is 19.8 Å². The lowest BCUT2D eigenvalue weighted by Gasteiger charge is -2.26. The number of likely N-dealkylation sites (tertiary alicyclic amines) is 1. The highest BCUT2D eigenvalue weighted by Crippen LogP contribution is 2.11. The van der Waals surface area contributed by atoms with Crippen molar-refractivity contribution in [3.05, 3.63) is 0 Å². The van der Waals surface area contributed by atoms with E-state index in [0.29, 0.717) is 0 Å².